The first-order valence-electron chi connectivity index (χ1n) is 15.9. The number of hydrogen-bond acceptors (Lipinski definition) is 0. The van der Waals surface area contributed by atoms with Crippen molar-refractivity contribution in [3.63, 3.8) is 0 Å². The van der Waals surface area contributed by atoms with E-state index in [2.05, 4.69) is 0 Å². The van der Waals surface area contributed by atoms with Gasteiger partial charge in [-0.2, -0.15) is 171 Å². The van der Waals surface area contributed by atoms with E-state index >= 15 is 0 Å². The zero-order valence-electron chi connectivity index (χ0n) is 30.3. The molecule has 404 valence electrons. The first kappa shape index (κ1) is 65.0. The van der Waals surface area contributed by atoms with E-state index in [9.17, 15) is 171 Å². The third-order valence-electron chi connectivity index (χ3n) is 9.53. The van der Waals surface area contributed by atoms with Crippen LogP contribution in [0.2, 0.25) is 24.2 Å². The van der Waals surface area contributed by atoms with Gasteiger partial charge in [0.1, 0.15) is 0 Å². The molecule has 0 N–H and O–H groups in total. The predicted octanol–water partition coefficient (Wildman–Crippen LogP) is 16.2. The summed E-state index contributed by atoms with van der Waals surface area (Å²) in [6.45, 7) is 0. The van der Waals surface area contributed by atoms with E-state index in [4.69, 9.17) is 0 Å². The van der Waals surface area contributed by atoms with Crippen molar-refractivity contribution in [3.05, 3.63) is 0 Å². The van der Waals surface area contributed by atoms with Crippen LogP contribution in [0.1, 0.15) is 19.3 Å². The van der Waals surface area contributed by atoms with Gasteiger partial charge in [0, 0.05) is 24.6 Å². The minimum absolute atomic E-state index is 1.66. The molecular formula is C26H16BrF39Si. The molecule has 0 rings (SSSR count). The van der Waals surface area contributed by atoms with E-state index in [0.29, 0.717) is 0 Å². The van der Waals surface area contributed by atoms with Gasteiger partial charge in [-0.1, -0.05) is 34.1 Å². The molecule has 0 aliphatic rings. The summed E-state index contributed by atoms with van der Waals surface area (Å²) in [5.74, 6) is -127. The molecular weight excluding hydrogens is 1160 g/mol. The van der Waals surface area contributed by atoms with Crippen LogP contribution in [0.4, 0.5) is 171 Å². The van der Waals surface area contributed by atoms with Crippen LogP contribution in [-0.4, -0.2) is 121 Å². The second-order valence-electron chi connectivity index (χ2n) is 13.9. The Morgan fingerprint density at radius 3 is 0.493 bits per heavy atom. The largest absolute Gasteiger partial charge is 0.460 e. The summed E-state index contributed by atoms with van der Waals surface area (Å²) in [6, 6.07) is -11.7. The second-order valence-corrected chi connectivity index (χ2v) is 19.7. The summed E-state index contributed by atoms with van der Waals surface area (Å²) in [7, 11) is -6.64. The van der Waals surface area contributed by atoms with Gasteiger partial charge < -0.3 is 0 Å². The van der Waals surface area contributed by atoms with E-state index in [1.807, 2.05) is 15.9 Å². The quantitative estimate of drug-likeness (QED) is 0.0543. The Morgan fingerprint density at radius 1 is 0.209 bits per heavy atom. The van der Waals surface area contributed by atoms with E-state index in [1.54, 1.807) is 0 Å². The Kier molecular flexibility index (Phi) is 17.1. The van der Waals surface area contributed by atoms with Crippen molar-refractivity contribution < 1.29 is 171 Å². The highest BCUT2D eigenvalue weighted by Crippen LogP contribution is 2.65. The minimum atomic E-state index is -8.84. The average molecular weight is 1180 g/mol. The van der Waals surface area contributed by atoms with Crippen LogP contribution >= 0.6 is 15.9 Å². The molecule has 41 heteroatoms. The topological polar surface area (TPSA) is 0 Å². The summed E-state index contributed by atoms with van der Waals surface area (Å²) in [5.41, 5.74) is 0. The third-order valence-corrected chi connectivity index (χ3v) is 15.9. The fourth-order valence-corrected chi connectivity index (χ4v) is 12.1. The van der Waals surface area contributed by atoms with Gasteiger partial charge in [-0.25, -0.2) is 0 Å². The van der Waals surface area contributed by atoms with Gasteiger partial charge >= 0.3 is 107 Å². The summed E-state index contributed by atoms with van der Waals surface area (Å²) in [4.78, 5) is 0. The highest BCUT2D eigenvalue weighted by molar-refractivity contribution is 9.09. The van der Waals surface area contributed by atoms with Crippen LogP contribution < -0.4 is 0 Å². The van der Waals surface area contributed by atoms with Gasteiger partial charge in [-0.3, -0.25) is 0 Å². The standard InChI is InChI=1S/C26H16BrF39Si/c27-4-8-67(5-1-9(28,29)12(34,35)15(40,41)18(46,47)21(52,53)24(58,59)60,6-2-10(30,31)13(36,37)16(42,43)19(48,49)22(54,55)25(61,62)63)7-3-11(32,33)14(38,39)17(44,45)20(50,51)23(56,57)26(64,65)66/h1-8H2. The Bertz CT molecular complexity index is 1490. The maximum absolute atomic E-state index is 14.7. The number of alkyl halides is 40. The van der Waals surface area contributed by atoms with Gasteiger partial charge in [0.15, 0.2) is 0 Å². The zero-order chi connectivity index (χ0) is 55.2. The summed E-state index contributed by atoms with van der Waals surface area (Å²) < 4.78 is 531. The molecule has 0 fully saturated rings. The van der Waals surface area contributed by atoms with E-state index in [-0.39, 0.29) is 0 Å². The number of rotatable bonds is 23. The van der Waals surface area contributed by atoms with Crippen molar-refractivity contribution in [3.8, 4) is 0 Å². The van der Waals surface area contributed by atoms with Gasteiger partial charge in [0.25, 0.3) is 0 Å². The SMILES string of the molecule is FC(F)(F)C(F)(F)C(F)(F)C(F)(F)C(F)(F)C(F)(F)CC[Si](CCBr)(CCC(F)(F)C(F)(F)C(F)(F)C(F)(F)C(F)(F)C(F)(F)F)CCC(F)(F)C(F)(F)C(F)(F)C(F)(F)C(F)(F)C(F)(F)F. The maximum Gasteiger partial charge on any atom is 0.460 e. The predicted molar refractivity (Wildman–Crippen MR) is 145 cm³/mol. The fourth-order valence-electron chi connectivity index (χ4n) is 5.09. The lowest BCUT2D eigenvalue weighted by Crippen LogP contribution is -2.70. The average Bonchev–Trinajstić information content (AvgIpc) is 3.09. The molecule has 0 nitrogen and oxygen atoms in total. The lowest BCUT2D eigenvalue weighted by molar-refractivity contribution is -0.440. The fraction of sp³-hybridized carbons (Fsp3) is 1.00. The van der Waals surface area contributed by atoms with Crippen molar-refractivity contribution >= 4 is 24.0 Å². The van der Waals surface area contributed by atoms with Crippen LogP contribution in [0, 0.1) is 0 Å². The summed E-state index contributed by atoms with van der Waals surface area (Å²) >= 11 is 1.96. The van der Waals surface area contributed by atoms with Crippen LogP contribution in [-0.2, 0) is 0 Å². The molecule has 0 aromatic rings. The first-order valence-corrected chi connectivity index (χ1v) is 19.8. The number of hydrogen-bond donors (Lipinski definition) is 0. The van der Waals surface area contributed by atoms with E-state index in [1.165, 1.54) is 0 Å². The van der Waals surface area contributed by atoms with E-state index in [0.717, 1.165) is 0 Å². The van der Waals surface area contributed by atoms with Crippen LogP contribution in [0.3, 0.4) is 0 Å². The minimum Gasteiger partial charge on any atom is -0.200 e. The van der Waals surface area contributed by atoms with Crippen molar-refractivity contribution in [2.45, 2.75) is 151 Å². The lowest BCUT2D eigenvalue weighted by atomic mass is 9.93. The second kappa shape index (κ2) is 17.6. The smallest absolute Gasteiger partial charge is 0.200 e. The molecule has 0 saturated carbocycles. The van der Waals surface area contributed by atoms with Crippen LogP contribution in [0.15, 0.2) is 0 Å². The molecule has 0 spiro atoms. The van der Waals surface area contributed by atoms with Crippen molar-refractivity contribution in [1.82, 2.24) is 0 Å². The molecule has 0 amide bonds. The summed E-state index contributed by atoms with van der Waals surface area (Å²) in [5, 5.41) is -1.66. The molecule has 0 aromatic carbocycles. The number of halogens is 40. The van der Waals surface area contributed by atoms with Crippen molar-refractivity contribution in [1.29, 1.82) is 0 Å². The molecule has 0 aromatic heterocycles. The molecule has 0 saturated heterocycles. The Morgan fingerprint density at radius 2 is 0.358 bits per heavy atom. The van der Waals surface area contributed by atoms with Gasteiger partial charge in [-0.15, -0.1) is 0 Å². The highest BCUT2D eigenvalue weighted by atomic mass is 79.9. The third kappa shape index (κ3) is 9.84. The lowest BCUT2D eigenvalue weighted by Gasteiger charge is -2.43. The van der Waals surface area contributed by atoms with Crippen LogP contribution in [0.25, 0.3) is 0 Å². The van der Waals surface area contributed by atoms with Crippen molar-refractivity contribution in [2.24, 2.45) is 0 Å². The van der Waals surface area contributed by atoms with Gasteiger partial charge in [0.2, 0.25) is 0 Å². The Labute approximate surface area is 352 Å². The molecule has 0 atom stereocenters. The first-order chi connectivity index (χ1) is 28.4. The van der Waals surface area contributed by atoms with E-state index < -0.39 is 164 Å². The normalized spacial score (nSPS) is 16.8. The Hall–Kier alpha value is -2.03. The highest BCUT2D eigenvalue weighted by Gasteiger charge is 2.93. The molecule has 0 heterocycles. The maximum atomic E-state index is 14.7. The molecule has 0 radical (unpaired) electrons. The van der Waals surface area contributed by atoms with Gasteiger partial charge in [0.05, 0.1) is 8.07 Å². The summed E-state index contributed by atoms with van der Waals surface area (Å²) in [6.07, 6.45) is -36.3. The molecule has 0 unspecified atom stereocenters. The zero-order valence-corrected chi connectivity index (χ0v) is 32.9. The van der Waals surface area contributed by atoms with Crippen molar-refractivity contribution in [2.75, 3.05) is 5.33 Å². The molecule has 0 aliphatic carbocycles. The molecule has 0 bridgehead atoms. The van der Waals surface area contributed by atoms with Gasteiger partial charge in [-0.05, 0) is 6.04 Å². The molecule has 0 aliphatic heterocycles. The van der Waals surface area contributed by atoms with Crippen LogP contribution in [0.5, 0.6) is 0 Å². The Balaban J connectivity index is 8.00. The monoisotopic (exact) mass is 1180 g/mol. The molecule has 67 heavy (non-hydrogen) atoms.